The van der Waals surface area contributed by atoms with E-state index in [2.05, 4.69) is 18.7 Å². The molecule has 126 valence electrons. The first kappa shape index (κ1) is 19.3. The molecule has 1 heterocycles. The minimum atomic E-state index is -3.98. The van der Waals surface area contributed by atoms with Gasteiger partial charge in [0.2, 0.25) is 10.0 Å². The molecule has 0 aromatic heterocycles. The van der Waals surface area contributed by atoms with Gasteiger partial charge in [0.1, 0.15) is 16.5 Å². The van der Waals surface area contributed by atoms with Crippen molar-refractivity contribution >= 4 is 22.4 Å². The van der Waals surface area contributed by atoms with E-state index in [4.69, 9.17) is 0 Å². The van der Waals surface area contributed by atoms with Gasteiger partial charge < -0.3 is 4.90 Å². The summed E-state index contributed by atoms with van der Waals surface area (Å²) in [5.41, 5.74) is 0. The third-order valence-electron chi connectivity index (χ3n) is 3.47. The van der Waals surface area contributed by atoms with Crippen LogP contribution < -0.4 is 0 Å². The lowest BCUT2D eigenvalue weighted by atomic mass is 10.2. The van der Waals surface area contributed by atoms with Crippen LogP contribution in [0.4, 0.5) is 8.78 Å². The number of hydrogen-bond donors (Lipinski definition) is 0. The van der Waals surface area contributed by atoms with Gasteiger partial charge in [-0.05, 0) is 24.1 Å². The molecule has 0 radical (unpaired) electrons. The Bertz CT molecular complexity index is 603. The quantitative estimate of drug-likeness (QED) is 0.833. The molecule has 0 N–H and O–H groups in total. The van der Waals surface area contributed by atoms with Crippen molar-refractivity contribution in [3.05, 3.63) is 29.8 Å². The van der Waals surface area contributed by atoms with Gasteiger partial charge in [0.15, 0.2) is 0 Å². The van der Waals surface area contributed by atoms with E-state index in [-0.39, 0.29) is 12.4 Å². The van der Waals surface area contributed by atoms with Gasteiger partial charge in [-0.3, -0.25) is 0 Å². The molecular formula is C14H21ClF2N2O2S. The van der Waals surface area contributed by atoms with Gasteiger partial charge in [-0.15, -0.1) is 12.4 Å². The molecule has 0 spiro atoms. The lowest BCUT2D eigenvalue weighted by Crippen LogP contribution is -2.49. The molecule has 1 aliphatic heterocycles. The summed E-state index contributed by atoms with van der Waals surface area (Å²) in [5, 5.41) is 0. The average Bonchev–Trinajstić information content (AvgIpc) is 2.41. The molecule has 2 rings (SSSR count). The van der Waals surface area contributed by atoms with Crippen molar-refractivity contribution in [1.29, 1.82) is 0 Å². The molecule has 0 atom stereocenters. The Morgan fingerprint density at radius 1 is 1.14 bits per heavy atom. The molecule has 0 saturated carbocycles. The van der Waals surface area contributed by atoms with Crippen LogP contribution in [0.1, 0.15) is 13.8 Å². The van der Waals surface area contributed by atoms with Gasteiger partial charge in [-0.2, -0.15) is 4.31 Å². The van der Waals surface area contributed by atoms with Crippen molar-refractivity contribution in [1.82, 2.24) is 9.21 Å². The van der Waals surface area contributed by atoms with Crippen LogP contribution in [-0.2, 0) is 10.0 Å². The van der Waals surface area contributed by atoms with Gasteiger partial charge in [0.05, 0.1) is 0 Å². The summed E-state index contributed by atoms with van der Waals surface area (Å²) in [4.78, 5) is 1.60. The smallest absolute Gasteiger partial charge is 0.246 e. The Balaban J connectivity index is 0.00000242. The molecular weight excluding hydrogens is 334 g/mol. The van der Waals surface area contributed by atoms with E-state index in [1.807, 2.05) is 0 Å². The van der Waals surface area contributed by atoms with Crippen LogP contribution in [0.3, 0.4) is 0 Å². The maximum absolute atomic E-state index is 13.7. The fourth-order valence-electron chi connectivity index (χ4n) is 2.48. The molecule has 1 aromatic carbocycles. The summed E-state index contributed by atoms with van der Waals surface area (Å²) >= 11 is 0. The highest BCUT2D eigenvalue weighted by Gasteiger charge is 2.31. The number of piperazine rings is 1. The number of halogens is 3. The average molecular weight is 355 g/mol. The minimum absolute atomic E-state index is 0. The van der Waals surface area contributed by atoms with E-state index in [1.165, 1.54) is 4.31 Å². The first-order valence-corrected chi connectivity index (χ1v) is 8.42. The molecule has 0 unspecified atom stereocenters. The molecule has 0 bridgehead atoms. The second-order valence-electron chi connectivity index (χ2n) is 5.67. The lowest BCUT2D eigenvalue weighted by molar-refractivity contribution is 0.172. The molecule has 1 aliphatic rings. The number of sulfonamides is 1. The highest BCUT2D eigenvalue weighted by atomic mass is 35.5. The van der Waals surface area contributed by atoms with Crippen LogP contribution in [0, 0.1) is 17.6 Å². The summed E-state index contributed by atoms with van der Waals surface area (Å²) < 4.78 is 52.9. The van der Waals surface area contributed by atoms with E-state index >= 15 is 0 Å². The van der Waals surface area contributed by atoms with E-state index < -0.39 is 26.6 Å². The topological polar surface area (TPSA) is 40.6 Å². The zero-order chi connectivity index (χ0) is 15.6. The van der Waals surface area contributed by atoms with Gasteiger partial charge >= 0.3 is 0 Å². The number of benzene rings is 1. The van der Waals surface area contributed by atoms with Gasteiger partial charge in [0.25, 0.3) is 0 Å². The Labute approximate surface area is 136 Å². The molecule has 0 amide bonds. The fraction of sp³-hybridized carbons (Fsp3) is 0.571. The SMILES string of the molecule is CC(C)CN1CCN(S(=O)(=O)c2cc(F)ccc2F)CC1.Cl. The first-order chi connectivity index (χ1) is 9.80. The molecule has 1 saturated heterocycles. The van der Waals surface area contributed by atoms with Crippen molar-refractivity contribution in [2.24, 2.45) is 5.92 Å². The highest BCUT2D eigenvalue weighted by Crippen LogP contribution is 2.21. The predicted molar refractivity (Wildman–Crippen MR) is 83.6 cm³/mol. The third-order valence-corrected chi connectivity index (χ3v) is 5.38. The van der Waals surface area contributed by atoms with E-state index in [1.54, 1.807) is 0 Å². The third kappa shape index (κ3) is 4.38. The number of nitrogens with zero attached hydrogens (tertiary/aromatic N) is 2. The summed E-state index contributed by atoms with van der Waals surface area (Å²) in [6.45, 7) is 6.91. The van der Waals surface area contributed by atoms with E-state index in [0.717, 1.165) is 24.7 Å². The lowest BCUT2D eigenvalue weighted by Gasteiger charge is -2.34. The summed E-state index contributed by atoms with van der Waals surface area (Å²) in [7, 11) is -3.98. The maximum Gasteiger partial charge on any atom is 0.246 e. The predicted octanol–water partition coefficient (Wildman–Crippen LogP) is 2.35. The fourth-order valence-corrected chi connectivity index (χ4v) is 3.98. The Hall–Kier alpha value is -0.760. The first-order valence-electron chi connectivity index (χ1n) is 6.98. The van der Waals surface area contributed by atoms with Crippen molar-refractivity contribution in [2.75, 3.05) is 32.7 Å². The molecule has 22 heavy (non-hydrogen) atoms. The van der Waals surface area contributed by atoms with E-state index in [9.17, 15) is 17.2 Å². The zero-order valence-corrected chi connectivity index (χ0v) is 14.3. The second kappa shape index (κ2) is 7.68. The monoisotopic (exact) mass is 354 g/mol. The Kier molecular flexibility index (Phi) is 6.73. The van der Waals surface area contributed by atoms with E-state index in [0.29, 0.717) is 32.1 Å². The van der Waals surface area contributed by atoms with Crippen LogP contribution in [0.2, 0.25) is 0 Å². The molecule has 1 fully saturated rings. The second-order valence-corrected chi connectivity index (χ2v) is 7.58. The summed E-state index contributed by atoms with van der Waals surface area (Å²) in [6.07, 6.45) is 0. The molecule has 4 nitrogen and oxygen atoms in total. The molecule has 1 aromatic rings. The van der Waals surface area contributed by atoms with Crippen LogP contribution in [0.25, 0.3) is 0 Å². The number of hydrogen-bond acceptors (Lipinski definition) is 3. The van der Waals surface area contributed by atoms with Crippen molar-refractivity contribution in [3.8, 4) is 0 Å². The normalized spacial score (nSPS) is 17.5. The molecule has 0 aliphatic carbocycles. The largest absolute Gasteiger partial charge is 0.300 e. The highest BCUT2D eigenvalue weighted by molar-refractivity contribution is 7.89. The van der Waals surface area contributed by atoms with Crippen molar-refractivity contribution in [3.63, 3.8) is 0 Å². The standard InChI is InChI=1S/C14H20F2N2O2S.ClH/c1-11(2)10-17-5-7-18(8-6-17)21(19,20)14-9-12(15)3-4-13(14)16;/h3-4,9,11H,5-8,10H2,1-2H3;1H. The number of rotatable bonds is 4. The van der Waals surface area contributed by atoms with Gasteiger partial charge in [0, 0.05) is 32.7 Å². The van der Waals surface area contributed by atoms with Crippen LogP contribution in [-0.4, -0.2) is 50.3 Å². The Morgan fingerprint density at radius 2 is 1.73 bits per heavy atom. The van der Waals surface area contributed by atoms with Crippen molar-refractivity contribution < 1.29 is 17.2 Å². The van der Waals surface area contributed by atoms with Crippen LogP contribution in [0.5, 0.6) is 0 Å². The van der Waals surface area contributed by atoms with Crippen LogP contribution in [0.15, 0.2) is 23.1 Å². The van der Waals surface area contributed by atoms with Crippen LogP contribution >= 0.6 is 12.4 Å². The minimum Gasteiger partial charge on any atom is -0.300 e. The maximum atomic E-state index is 13.7. The summed E-state index contributed by atoms with van der Waals surface area (Å²) in [6, 6.07) is 2.50. The summed E-state index contributed by atoms with van der Waals surface area (Å²) in [5.74, 6) is -1.16. The molecule has 8 heteroatoms. The Morgan fingerprint density at radius 3 is 2.27 bits per heavy atom. The van der Waals surface area contributed by atoms with Gasteiger partial charge in [-0.1, -0.05) is 13.8 Å². The van der Waals surface area contributed by atoms with Crippen molar-refractivity contribution in [2.45, 2.75) is 18.7 Å². The van der Waals surface area contributed by atoms with Gasteiger partial charge in [-0.25, -0.2) is 17.2 Å². The zero-order valence-electron chi connectivity index (χ0n) is 12.6.